The van der Waals surface area contributed by atoms with Gasteiger partial charge in [-0.2, -0.15) is 0 Å². The second-order valence-electron chi connectivity index (χ2n) is 8.11. The third-order valence-corrected chi connectivity index (χ3v) is 9.09. The molecule has 1 heterocycles. The molecular weight excluding hydrogens is 529 g/mol. The average Bonchev–Trinajstić information content (AvgIpc) is 3.30. The molecule has 0 aliphatic carbocycles. The van der Waals surface area contributed by atoms with E-state index in [0.717, 1.165) is 28.6 Å². The summed E-state index contributed by atoms with van der Waals surface area (Å²) in [5.74, 6) is -4.13. The van der Waals surface area contributed by atoms with E-state index in [-0.39, 0.29) is 29.5 Å². The van der Waals surface area contributed by atoms with E-state index >= 15 is 0 Å². The summed E-state index contributed by atoms with van der Waals surface area (Å²) in [5.41, 5.74) is 2.32. The summed E-state index contributed by atoms with van der Waals surface area (Å²) >= 11 is 0. The van der Waals surface area contributed by atoms with Gasteiger partial charge in [-0.3, -0.25) is 4.79 Å². The number of carbonyl (C=O) groups excluding carboxylic acids is 1. The molecule has 2 aromatic carbocycles. The lowest BCUT2D eigenvalue weighted by atomic mass is 10.1. The minimum Gasteiger partial charge on any atom is -0.457 e. The quantitative estimate of drug-likeness (QED) is 0.452. The number of ether oxygens (including phenoxy) is 2. The van der Waals surface area contributed by atoms with Crippen molar-refractivity contribution in [1.29, 1.82) is 0 Å². The monoisotopic (exact) mass is 552 g/mol. The maximum atomic E-state index is 12.9. The Hall–Kier alpha value is -2.88. The fourth-order valence-electron chi connectivity index (χ4n) is 3.50. The summed E-state index contributed by atoms with van der Waals surface area (Å²) in [4.78, 5) is 11.6. The summed E-state index contributed by atoms with van der Waals surface area (Å²) in [5, 5.41) is 10.7. The summed E-state index contributed by atoms with van der Waals surface area (Å²) in [6.45, 7) is 0.396. The van der Waals surface area contributed by atoms with Gasteiger partial charge in [0.25, 0.3) is 5.91 Å². The second-order valence-corrected chi connectivity index (χ2v) is 12.1. The van der Waals surface area contributed by atoms with Crippen LogP contribution in [0.1, 0.15) is 12.8 Å². The SMILES string of the molecule is NC(=O)C(O)(CS(=O)(=O)c1ccc(Oc2ccc(OC(F)(F)F)cc2)cc1)CS(=O)(=O)N1CCCC1. The Morgan fingerprint density at radius 2 is 1.36 bits per heavy atom. The predicted molar refractivity (Wildman–Crippen MR) is 120 cm³/mol. The zero-order valence-corrected chi connectivity index (χ0v) is 20.3. The molecule has 0 saturated carbocycles. The first-order valence-electron chi connectivity index (χ1n) is 10.5. The predicted octanol–water partition coefficient (Wildman–Crippen LogP) is 1.79. The van der Waals surface area contributed by atoms with Gasteiger partial charge in [-0.25, -0.2) is 21.1 Å². The summed E-state index contributed by atoms with van der Waals surface area (Å²) in [6.07, 6.45) is -3.64. The van der Waals surface area contributed by atoms with Gasteiger partial charge in [-0.1, -0.05) is 0 Å². The van der Waals surface area contributed by atoms with Crippen LogP contribution in [0.3, 0.4) is 0 Å². The molecule has 3 N–H and O–H groups in total. The van der Waals surface area contributed by atoms with Crippen molar-refractivity contribution in [2.75, 3.05) is 24.6 Å². The standard InChI is InChI=1S/C21H23F3N2O8S2/c22-21(23,24)34-17-5-3-15(4-6-17)33-16-7-9-18(10-8-16)35(29,30)13-20(28,19(25)27)14-36(31,32)26-11-1-2-12-26/h3-10,28H,1-2,11-14H2,(H2,25,27). The number of halogens is 3. The second kappa shape index (κ2) is 10.2. The van der Waals surface area contributed by atoms with Gasteiger partial charge in [-0.05, 0) is 61.4 Å². The molecule has 1 aliphatic heterocycles. The number of amides is 1. The molecule has 0 radical (unpaired) electrons. The van der Waals surface area contributed by atoms with Crippen molar-refractivity contribution in [3.05, 3.63) is 48.5 Å². The first-order valence-corrected chi connectivity index (χ1v) is 13.7. The topological polar surface area (TPSA) is 153 Å². The Bertz CT molecular complexity index is 1290. The van der Waals surface area contributed by atoms with Crippen LogP contribution in [0.5, 0.6) is 17.2 Å². The molecule has 1 amide bonds. The number of benzene rings is 2. The van der Waals surface area contributed by atoms with E-state index in [1.165, 1.54) is 24.3 Å². The highest BCUT2D eigenvalue weighted by Gasteiger charge is 2.45. The van der Waals surface area contributed by atoms with Crippen molar-refractivity contribution in [2.24, 2.45) is 5.73 Å². The molecule has 15 heteroatoms. The molecule has 2 aromatic rings. The van der Waals surface area contributed by atoms with Crippen molar-refractivity contribution >= 4 is 25.8 Å². The summed E-state index contributed by atoms with van der Waals surface area (Å²) < 4.78 is 97.9. The lowest BCUT2D eigenvalue weighted by molar-refractivity contribution is -0.274. The molecule has 36 heavy (non-hydrogen) atoms. The van der Waals surface area contributed by atoms with E-state index in [0.29, 0.717) is 12.8 Å². The first-order chi connectivity index (χ1) is 16.6. The van der Waals surface area contributed by atoms with Crippen LogP contribution in [0.2, 0.25) is 0 Å². The van der Waals surface area contributed by atoms with Gasteiger partial charge in [0.05, 0.1) is 10.6 Å². The molecule has 0 aromatic heterocycles. The Labute approximate surface area is 205 Å². The van der Waals surface area contributed by atoms with E-state index in [4.69, 9.17) is 10.5 Å². The highest BCUT2D eigenvalue weighted by molar-refractivity contribution is 7.92. The van der Waals surface area contributed by atoms with E-state index in [2.05, 4.69) is 4.74 Å². The van der Waals surface area contributed by atoms with Gasteiger partial charge in [-0.15, -0.1) is 13.2 Å². The first kappa shape index (κ1) is 27.7. The molecule has 1 aliphatic rings. The third-order valence-electron chi connectivity index (χ3n) is 5.24. The number of alkyl halides is 3. The Morgan fingerprint density at radius 1 is 0.889 bits per heavy atom. The highest BCUT2D eigenvalue weighted by Crippen LogP contribution is 2.29. The van der Waals surface area contributed by atoms with Crippen molar-refractivity contribution in [3.8, 4) is 17.2 Å². The van der Waals surface area contributed by atoms with Crippen molar-refractivity contribution < 1.29 is 49.4 Å². The largest absolute Gasteiger partial charge is 0.573 e. The van der Waals surface area contributed by atoms with Gasteiger partial charge in [0.1, 0.15) is 23.0 Å². The van der Waals surface area contributed by atoms with E-state index in [9.17, 15) is 39.9 Å². The molecule has 0 spiro atoms. The normalized spacial score (nSPS) is 16.9. The van der Waals surface area contributed by atoms with Crippen LogP contribution in [-0.4, -0.2) is 68.7 Å². The maximum absolute atomic E-state index is 12.9. The molecule has 3 rings (SSSR count). The number of sulfone groups is 1. The number of aliphatic hydroxyl groups is 1. The molecule has 0 bridgehead atoms. The number of hydrogen-bond donors (Lipinski definition) is 2. The lowest BCUT2D eigenvalue weighted by Gasteiger charge is -2.26. The third kappa shape index (κ3) is 7.09. The van der Waals surface area contributed by atoms with Crippen LogP contribution < -0.4 is 15.2 Å². The molecular formula is C21H23F3N2O8S2. The van der Waals surface area contributed by atoms with Crippen molar-refractivity contribution in [3.63, 3.8) is 0 Å². The number of primary amides is 1. The number of sulfonamides is 1. The van der Waals surface area contributed by atoms with Crippen LogP contribution in [0.25, 0.3) is 0 Å². The molecule has 1 atom stereocenters. The Kier molecular flexibility index (Phi) is 7.88. The van der Waals surface area contributed by atoms with Crippen LogP contribution in [0.4, 0.5) is 13.2 Å². The molecule has 10 nitrogen and oxygen atoms in total. The van der Waals surface area contributed by atoms with Crippen LogP contribution >= 0.6 is 0 Å². The van der Waals surface area contributed by atoms with Crippen LogP contribution in [0, 0.1) is 0 Å². The fourth-order valence-corrected chi connectivity index (χ4v) is 7.07. The van der Waals surface area contributed by atoms with Gasteiger partial charge in [0.15, 0.2) is 15.4 Å². The van der Waals surface area contributed by atoms with E-state index in [1.54, 1.807) is 0 Å². The number of rotatable bonds is 10. The van der Waals surface area contributed by atoms with Gasteiger partial charge in [0, 0.05) is 13.1 Å². The molecule has 1 fully saturated rings. The molecule has 1 unspecified atom stereocenters. The minimum atomic E-state index is -4.84. The molecule has 198 valence electrons. The number of carbonyl (C=O) groups is 1. The highest BCUT2D eigenvalue weighted by atomic mass is 32.2. The van der Waals surface area contributed by atoms with Crippen LogP contribution in [0.15, 0.2) is 53.4 Å². The Morgan fingerprint density at radius 3 is 1.83 bits per heavy atom. The van der Waals surface area contributed by atoms with Gasteiger partial charge < -0.3 is 20.3 Å². The van der Waals surface area contributed by atoms with E-state index < -0.39 is 55.0 Å². The summed E-state index contributed by atoms with van der Waals surface area (Å²) in [6, 6.07) is 9.14. The van der Waals surface area contributed by atoms with Crippen molar-refractivity contribution in [1.82, 2.24) is 4.31 Å². The summed E-state index contributed by atoms with van der Waals surface area (Å²) in [7, 11) is -8.53. The van der Waals surface area contributed by atoms with Crippen LogP contribution in [-0.2, 0) is 24.7 Å². The number of nitrogens with two attached hydrogens (primary N) is 1. The number of hydrogen-bond acceptors (Lipinski definition) is 8. The average molecular weight is 553 g/mol. The lowest BCUT2D eigenvalue weighted by Crippen LogP contribution is -2.55. The maximum Gasteiger partial charge on any atom is 0.573 e. The van der Waals surface area contributed by atoms with Crippen molar-refractivity contribution in [2.45, 2.75) is 29.7 Å². The molecule has 1 saturated heterocycles. The van der Waals surface area contributed by atoms with Gasteiger partial charge >= 0.3 is 6.36 Å². The Balaban J connectivity index is 1.72. The smallest absolute Gasteiger partial charge is 0.457 e. The fraction of sp³-hybridized carbons (Fsp3) is 0.381. The van der Waals surface area contributed by atoms with E-state index in [1.807, 2.05) is 0 Å². The zero-order valence-electron chi connectivity index (χ0n) is 18.6. The minimum absolute atomic E-state index is 0.125. The van der Waals surface area contributed by atoms with Gasteiger partial charge in [0.2, 0.25) is 10.0 Å². The zero-order chi connectivity index (χ0) is 26.8. The number of nitrogens with zero attached hydrogens (tertiary/aromatic N) is 1.